The van der Waals surface area contributed by atoms with Crippen LogP contribution < -0.4 is 4.74 Å². The maximum absolute atomic E-state index is 12.7. The standard InChI is InChI=1S/C24H27N3O2.C4H4O4/c1-29-23-5-3-2-4-20(23)10-13-26-11-8-18(9-12-26)16-27-17-21-14-19(15-25)6-7-22(21)24(27)28;5-3(6)1-2-4(7)8/h2-7,14,18H,8-13,16-17H2,1H3;1-2H,(H,5,6)(H,7,8). The second-order valence-electron chi connectivity index (χ2n) is 9.03. The minimum Gasteiger partial charge on any atom is -0.496 e. The molecule has 0 aromatic heterocycles. The van der Waals surface area contributed by atoms with Crippen molar-refractivity contribution >= 4 is 17.8 Å². The molecule has 0 atom stereocenters. The molecule has 2 aliphatic heterocycles. The van der Waals surface area contributed by atoms with Crippen molar-refractivity contribution in [3.63, 3.8) is 0 Å². The first-order valence-electron chi connectivity index (χ1n) is 12.1. The van der Waals surface area contributed by atoms with Gasteiger partial charge in [0.2, 0.25) is 0 Å². The first kappa shape index (κ1) is 27.4. The zero-order valence-corrected chi connectivity index (χ0v) is 20.8. The van der Waals surface area contributed by atoms with E-state index < -0.39 is 11.9 Å². The van der Waals surface area contributed by atoms with E-state index in [9.17, 15) is 14.4 Å². The van der Waals surface area contributed by atoms with Crippen molar-refractivity contribution in [1.82, 2.24) is 9.80 Å². The van der Waals surface area contributed by atoms with Gasteiger partial charge in [0.05, 0.1) is 18.7 Å². The lowest BCUT2D eigenvalue weighted by molar-refractivity contribution is -0.134. The minimum absolute atomic E-state index is 0.114. The molecule has 1 fully saturated rings. The maximum Gasteiger partial charge on any atom is 0.328 e. The highest BCUT2D eigenvalue weighted by Crippen LogP contribution is 2.27. The van der Waals surface area contributed by atoms with Crippen LogP contribution in [0.15, 0.2) is 54.6 Å². The second kappa shape index (κ2) is 13.2. The first-order valence-corrected chi connectivity index (χ1v) is 12.1. The van der Waals surface area contributed by atoms with Crippen LogP contribution in [0, 0.1) is 17.2 Å². The number of amides is 1. The van der Waals surface area contributed by atoms with Gasteiger partial charge in [0.25, 0.3) is 5.91 Å². The van der Waals surface area contributed by atoms with E-state index in [2.05, 4.69) is 23.1 Å². The number of piperidine rings is 1. The number of carboxylic acid groups (broad SMARTS) is 2. The molecule has 194 valence electrons. The van der Waals surface area contributed by atoms with Gasteiger partial charge in [-0.1, -0.05) is 18.2 Å². The van der Waals surface area contributed by atoms with Gasteiger partial charge in [-0.3, -0.25) is 4.79 Å². The van der Waals surface area contributed by atoms with Crippen molar-refractivity contribution in [1.29, 1.82) is 5.26 Å². The van der Waals surface area contributed by atoms with Gasteiger partial charge in [-0.05, 0) is 73.7 Å². The summed E-state index contributed by atoms with van der Waals surface area (Å²) in [5, 5.41) is 24.7. The Kier molecular flexibility index (Phi) is 9.81. The summed E-state index contributed by atoms with van der Waals surface area (Å²) in [5.74, 6) is -0.886. The van der Waals surface area contributed by atoms with Crippen LogP contribution in [0.25, 0.3) is 0 Å². The molecule has 0 bridgehead atoms. The second-order valence-corrected chi connectivity index (χ2v) is 9.03. The van der Waals surface area contributed by atoms with Crippen molar-refractivity contribution in [3.8, 4) is 11.8 Å². The third-order valence-corrected chi connectivity index (χ3v) is 6.56. The Morgan fingerprint density at radius 3 is 2.41 bits per heavy atom. The molecule has 9 heteroatoms. The number of benzene rings is 2. The van der Waals surface area contributed by atoms with E-state index in [4.69, 9.17) is 20.2 Å². The highest BCUT2D eigenvalue weighted by atomic mass is 16.5. The Morgan fingerprint density at radius 2 is 1.78 bits per heavy atom. The monoisotopic (exact) mass is 505 g/mol. The fraction of sp³-hybridized carbons (Fsp3) is 0.357. The lowest BCUT2D eigenvalue weighted by Crippen LogP contribution is -2.39. The van der Waals surface area contributed by atoms with Gasteiger partial charge < -0.3 is 24.7 Å². The molecule has 2 aliphatic rings. The van der Waals surface area contributed by atoms with Gasteiger partial charge in [0, 0.05) is 37.3 Å². The lowest BCUT2D eigenvalue weighted by Gasteiger charge is -2.34. The summed E-state index contributed by atoms with van der Waals surface area (Å²) in [6, 6.07) is 15.8. The van der Waals surface area contributed by atoms with Crippen molar-refractivity contribution in [2.45, 2.75) is 25.8 Å². The fourth-order valence-electron chi connectivity index (χ4n) is 4.63. The molecule has 0 spiro atoms. The Labute approximate surface area is 216 Å². The number of fused-ring (bicyclic) bond motifs is 1. The summed E-state index contributed by atoms with van der Waals surface area (Å²) in [6.45, 7) is 4.65. The number of aliphatic carboxylic acids is 2. The summed E-state index contributed by atoms with van der Waals surface area (Å²) in [7, 11) is 1.73. The van der Waals surface area contributed by atoms with Crippen molar-refractivity contribution in [2.75, 3.05) is 33.3 Å². The Hall–Kier alpha value is -4.16. The molecular weight excluding hydrogens is 474 g/mol. The number of hydrogen-bond donors (Lipinski definition) is 2. The van der Waals surface area contributed by atoms with E-state index in [-0.39, 0.29) is 5.91 Å². The first-order chi connectivity index (χ1) is 17.8. The molecule has 4 rings (SSSR count). The highest BCUT2D eigenvalue weighted by Gasteiger charge is 2.30. The summed E-state index contributed by atoms with van der Waals surface area (Å²) < 4.78 is 5.45. The zero-order chi connectivity index (χ0) is 26.8. The Balaban J connectivity index is 0.000000414. The molecule has 9 nitrogen and oxygen atoms in total. The van der Waals surface area contributed by atoms with E-state index in [1.54, 1.807) is 19.2 Å². The van der Waals surface area contributed by atoms with Crippen LogP contribution in [0.1, 0.15) is 39.9 Å². The molecule has 0 radical (unpaired) electrons. The summed E-state index contributed by atoms with van der Waals surface area (Å²) >= 11 is 0. The number of nitriles is 1. The molecule has 2 heterocycles. The van der Waals surface area contributed by atoms with Crippen LogP contribution in [0.4, 0.5) is 0 Å². The van der Waals surface area contributed by atoms with Crippen molar-refractivity contribution in [2.24, 2.45) is 5.92 Å². The average Bonchev–Trinajstić information content (AvgIpc) is 3.21. The number of hydrogen-bond acceptors (Lipinski definition) is 6. The van der Waals surface area contributed by atoms with Gasteiger partial charge in [0.1, 0.15) is 5.75 Å². The van der Waals surface area contributed by atoms with Crippen LogP contribution in [0.2, 0.25) is 0 Å². The summed E-state index contributed by atoms with van der Waals surface area (Å²) in [4.78, 5) is 36.3. The number of likely N-dealkylation sites (tertiary alicyclic amines) is 1. The van der Waals surface area contributed by atoms with Gasteiger partial charge in [0.15, 0.2) is 0 Å². The molecule has 2 aromatic rings. The van der Waals surface area contributed by atoms with E-state index >= 15 is 0 Å². The third-order valence-electron chi connectivity index (χ3n) is 6.56. The normalized spacial score (nSPS) is 15.6. The molecule has 1 saturated heterocycles. The maximum atomic E-state index is 12.7. The molecular formula is C28H31N3O6. The number of rotatable bonds is 8. The minimum atomic E-state index is -1.26. The lowest BCUT2D eigenvalue weighted by atomic mass is 9.96. The van der Waals surface area contributed by atoms with Gasteiger partial charge in [-0.25, -0.2) is 9.59 Å². The van der Waals surface area contributed by atoms with Crippen LogP contribution in [-0.2, 0) is 22.6 Å². The number of ether oxygens (including phenoxy) is 1. The number of nitrogens with zero attached hydrogens (tertiary/aromatic N) is 3. The third kappa shape index (κ3) is 7.92. The average molecular weight is 506 g/mol. The molecule has 2 aromatic carbocycles. The SMILES string of the molecule is COc1ccccc1CCN1CCC(CN2Cc3cc(C#N)ccc3C2=O)CC1.O=C(O)C=CC(=O)O. The Bertz CT molecular complexity index is 1180. The number of carbonyl (C=O) groups excluding carboxylic acids is 1. The molecule has 1 amide bonds. The molecule has 2 N–H and O–H groups in total. The summed E-state index contributed by atoms with van der Waals surface area (Å²) in [5.41, 5.74) is 3.64. The zero-order valence-electron chi connectivity index (χ0n) is 20.8. The molecule has 0 aliphatic carbocycles. The molecule has 37 heavy (non-hydrogen) atoms. The highest BCUT2D eigenvalue weighted by molar-refractivity contribution is 5.98. The van der Waals surface area contributed by atoms with Gasteiger partial charge in [-0.2, -0.15) is 5.26 Å². The van der Waals surface area contributed by atoms with Crippen molar-refractivity contribution < 1.29 is 29.3 Å². The Morgan fingerprint density at radius 1 is 1.11 bits per heavy atom. The topological polar surface area (TPSA) is 131 Å². The van der Waals surface area contributed by atoms with Crippen LogP contribution >= 0.6 is 0 Å². The van der Waals surface area contributed by atoms with E-state index in [1.165, 1.54) is 5.56 Å². The van der Waals surface area contributed by atoms with Crippen LogP contribution in [0.3, 0.4) is 0 Å². The number of carboxylic acids is 2. The van der Waals surface area contributed by atoms with Gasteiger partial charge in [-0.15, -0.1) is 0 Å². The van der Waals surface area contributed by atoms with E-state index in [0.29, 0.717) is 30.2 Å². The smallest absolute Gasteiger partial charge is 0.328 e. The largest absolute Gasteiger partial charge is 0.496 e. The summed E-state index contributed by atoms with van der Waals surface area (Å²) in [6.07, 6.45) is 4.35. The number of para-hydroxylation sites is 1. The number of methoxy groups -OCH3 is 1. The number of carbonyl (C=O) groups is 3. The predicted octanol–water partition coefficient (Wildman–Crippen LogP) is 3.19. The quantitative estimate of drug-likeness (QED) is 0.523. The van der Waals surface area contributed by atoms with E-state index in [0.717, 1.165) is 62.3 Å². The van der Waals surface area contributed by atoms with E-state index in [1.807, 2.05) is 23.1 Å². The van der Waals surface area contributed by atoms with Crippen LogP contribution in [-0.4, -0.2) is 71.1 Å². The predicted molar refractivity (Wildman–Crippen MR) is 136 cm³/mol. The fourth-order valence-corrected chi connectivity index (χ4v) is 4.63. The van der Waals surface area contributed by atoms with Crippen molar-refractivity contribution in [3.05, 3.63) is 76.9 Å². The van der Waals surface area contributed by atoms with Gasteiger partial charge >= 0.3 is 11.9 Å². The molecule has 0 unspecified atom stereocenters. The molecule has 0 saturated carbocycles. The van der Waals surface area contributed by atoms with Crippen LogP contribution in [0.5, 0.6) is 5.75 Å².